The van der Waals surface area contributed by atoms with E-state index in [9.17, 15) is 13.2 Å². The third-order valence-electron chi connectivity index (χ3n) is 3.07. The molecule has 0 bridgehead atoms. The summed E-state index contributed by atoms with van der Waals surface area (Å²) in [6.45, 7) is 0.968. The van der Waals surface area contributed by atoms with Crippen LogP contribution in [0.25, 0.3) is 0 Å². The van der Waals surface area contributed by atoms with Crippen LogP contribution in [0.1, 0.15) is 16.7 Å². The number of methoxy groups -OCH3 is 1. The van der Waals surface area contributed by atoms with Gasteiger partial charge in [0.2, 0.25) is 0 Å². The van der Waals surface area contributed by atoms with Crippen LogP contribution in [0.5, 0.6) is 5.75 Å². The Bertz CT molecular complexity index is 579. The molecule has 0 unspecified atom stereocenters. The van der Waals surface area contributed by atoms with Crippen LogP contribution in [0.2, 0.25) is 0 Å². The van der Waals surface area contributed by atoms with Crippen molar-refractivity contribution in [3.63, 3.8) is 0 Å². The summed E-state index contributed by atoms with van der Waals surface area (Å²) in [4.78, 5) is 0. The molecule has 0 atom stereocenters. The molecule has 0 radical (unpaired) electrons. The Morgan fingerprint density at radius 3 is 2.24 bits per heavy atom. The lowest BCUT2D eigenvalue weighted by molar-refractivity contribution is -0.137. The van der Waals surface area contributed by atoms with E-state index in [4.69, 9.17) is 4.74 Å². The van der Waals surface area contributed by atoms with Gasteiger partial charge in [-0.3, -0.25) is 0 Å². The number of nitrogens with one attached hydrogen (secondary N) is 1. The molecule has 0 aliphatic rings. The molecule has 112 valence electrons. The molecule has 1 N–H and O–H groups in total. The number of rotatable bonds is 5. The maximum atomic E-state index is 12.6. The van der Waals surface area contributed by atoms with Crippen LogP contribution < -0.4 is 10.1 Å². The third-order valence-corrected chi connectivity index (χ3v) is 3.07. The quantitative estimate of drug-likeness (QED) is 0.900. The summed E-state index contributed by atoms with van der Waals surface area (Å²) in [5, 5.41) is 3.13. The smallest absolute Gasteiger partial charge is 0.416 e. The average molecular weight is 295 g/mol. The van der Waals surface area contributed by atoms with Crippen LogP contribution in [-0.2, 0) is 19.3 Å². The summed E-state index contributed by atoms with van der Waals surface area (Å²) in [6, 6.07) is 12.9. The number of ether oxygens (including phenoxy) is 1. The van der Waals surface area contributed by atoms with E-state index in [2.05, 4.69) is 5.32 Å². The first kappa shape index (κ1) is 15.4. The first-order valence-electron chi connectivity index (χ1n) is 6.49. The Kier molecular flexibility index (Phi) is 4.85. The summed E-state index contributed by atoms with van der Waals surface area (Å²) in [5.74, 6) is 0.775. The Morgan fingerprint density at radius 2 is 1.62 bits per heavy atom. The molecule has 0 saturated heterocycles. The first-order valence-corrected chi connectivity index (χ1v) is 6.49. The van der Waals surface area contributed by atoms with Crippen LogP contribution in [-0.4, -0.2) is 7.11 Å². The highest BCUT2D eigenvalue weighted by Gasteiger charge is 2.30. The number of alkyl halides is 3. The van der Waals surface area contributed by atoms with Gasteiger partial charge in [-0.05, 0) is 29.3 Å². The number of hydrogen-bond donors (Lipinski definition) is 1. The Hall–Kier alpha value is -2.01. The van der Waals surface area contributed by atoms with Crippen LogP contribution >= 0.6 is 0 Å². The lowest BCUT2D eigenvalue weighted by atomic mass is 10.1. The number of benzene rings is 2. The Morgan fingerprint density at radius 1 is 0.952 bits per heavy atom. The lowest BCUT2D eigenvalue weighted by Gasteiger charge is -2.10. The largest absolute Gasteiger partial charge is 0.497 e. The SMILES string of the molecule is COc1ccc(CNCc2cccc(C(F)(F)F)c2)cc1. The maximum absolute atomic E-state index is 12.6. The van der Waals surface area contributed by atoms with E-state index in [-0.39, 0.29) is 0 Å². The average Bonchev–Trinajstić information content (AvgIpc) is 2.47. The van der Waals surface area contributed by atoms with Crippen molar-refractivity contribution in [1.29, 1.82) is 0 Å². The fourth-order valence-electron chi connectivity index (χ4n) is 1.95. The molecule has 0 spiro atoms. The second-order valence-electron chi connectivity index (χ2n) is 4.65. The maximum Gasteiger partial charge on any atom is 0.416 e. The van der Waals surface area contributed by atoms with Gasteiger partial charge >= 0.3 is 6.18 Å². The predicted octanol–water partition coefficient (Wildman–Crippen LogP) is 4.00. The van der Waals surface area contributed by atoms with E-state index >= 15 is 0 Å². The summed E-state index contributed by atoms with van der Waals surface area (Å²) in [5.41, 5.74) is 1.03. The highest BCUT2D eigenvalue weighted by Crippen LogP contribution is 2.29. The topological polar surface area (TPSA) is 21.3 Å². The van der Waals surface area contributed by atoms with E-state index in [1.54, 1.807) is 13.2 Å². The monoisotopic (exact) mass is 295 g/mol. The van der Waals surface area contributed by atoms with Gasteiger partial charge in [0.25, 0.3) is 0 Å². The van der Waals surface area contributed by atoms with E-state index in [1.165, 1.54) is 12.1 Å². The summed E-state index contributed by atoms with van der Waals surface area (Å²) < 4.78 is 42.8. The van der Waals surface area contributed by atoms with Crippen molar-refractivity contribution in [3.05, 3.63) is 65.2 Å². The van der Waals surface area contributed by atoms with Gasteiger partial charge in [-0.25, -0.2) is 0 Å². The minimum atomic E-state index is -4.30. The zero-order valence-corrected chi connectivity index (χ0v) is 11.6. The normalized spacial score (nSPS) is 11.4. The van der Waals surface area contributed by atoms with E-state index in [0.29, 0.717) is 18.7 Å². The van der Waals surface area contributed by atoms with Crippen molar-refractivity contribution >= 4 is 0 Å². The van der Waals surface area contributed by atoms with Gasteiger partial charge < -0.3 is 10.1 Å². The van der Waals surface area contributed by atoms with Crippen molar-refractivity contribution in [3.8, 4) is 5.75 Å². The minimum Gasteiger partial charge on any atom is -0.497 e. The predicted molar refractivity (Wildman–Crippen MR) is 75.0 cm³/mol. The molecule has 0 aliphatic carbocycles. The fourth-order valence-corrected chi connectivity index (χ4v) is 1.95. The second kappa shape index (κ2) is 6.63. The third kappa shape index (κ3) is 4.49. The molecular formula is C16H16F3NO. The zero-order valence-electron chi connectivity index (χ0n) is 11.6. The van der Waals surface area contributed by atoms with Crippen molar-refractivity contribution in [2.45, 2.75) is 19.3 Å². The van der Waals surface area contributed by atoms with Crippen molar-refractivity contribution in [2.75, 3.05) is 7.11 Å². The van der Waals surface area contributed by atoms with E-state index in [1.807, 2.05) is 24.3 Å². The standard InChI is InChI=1S/C16H16F3NO/c1-21-15-7-5-12(6-8-15)10-20-11-13-3-2-4-14(9-13)16(17,18)19/h2-9,20H,10-11H2,1H3. The van der Waals surface area contributed by atoms with E-state index < -0.39 is 11.7 Å². The second-order valence-corrected chi connectivity index (χ2v) is 4.65. The molecule has 2 rings (SSSR count). The van der Waals surface area contributed by atoms with Crippen LogP contribution in [0.15, 0.2) is 48.5 Å². The Labute approximate surface area is 121 Å². The summed E-state index contributed by atoms with van der Waals surface area (Å²) in [6.07, 6.45) is -4.30. The molecule has 0 aliphatic heterocycles. The van der Waals surface area contributed by atoms with E-state index in [0.717, 1.165) is 17.4 Å². The van der Waals surface area contributed by atoms with Gasteiger partial charge in [-0.15, -0.1) is 0 Å². The molecule has 5 heteroatoms. The van der Waals surface area contributed by atoms with Gasteiger partial charge in [0, 0.05) is 13.1 Å². The molecule has 21 heavy (non-hydrogen) atoms. The van der Waals surface area contributed by atoms with Crippen molar-refractivity contribution < 1.29 is 17.9 Å². The molecule has 0 heterocycles. The minimum absolute atomic E-state index is 0.385. The van der Waals surface area contributed by atoms with Gasteiger partial charge in [0.1, 0.15) is 5.75 Å². The molecule has 0 fully saturated rings. The molecule has 2 aromatic carbocycles. The molecule has 2 nitrogen and oxygen atoms in total. The summed E-state index contributed by atoms with van der Waals surface area (Å²) in [7, 11) is 1.60. The Balaban J connectivity index is 1.91. The molecule has 2 aromatic rings. The zero-order chi connectivity index (χ0) is 15.3. The van der Waals surface area contributed by atoms with Crippen LogP contribution in [0.3, 0.4) is 0 Å². The van der Waals surface area contributed by atoms with Gasteiger partial charge in [-0.1, -0.05) is 30.3 Å². The molecule has 0 saturated carbocycles. The highest BCUT2D eigenvalue weighted by atomic mass is 19.4. The summed E-state index contributed by atoms with van der Waals surface area (Å²) >= 11 is 0. The number of hydrogen-bond acceptors (Lipinski definition) is 2. The highest BCUT2D eigenvalue weighted by molar-refractivity contribution is 5.28. The van der Waals surface area contributed by atoms with Crippen LogP contribution in [0.4, 0.5) is 13.2 Å². The molecule has 0 aromatic heterocycles. The molecule has 0 amide bonds. The number of halogens is 3. The van der Waals surface area contributed by atoms with Gasteiger partial charge in [0.05, 0.1) is 12.7 Å². The fraction of sp³-hybridized carbons (Fsp3) is 0.250. The van der Waals surface area contributed by atoms with Crippen molar-refractivity contribution in [2.24, 2.45) is 0 Å². The first-order chi connectivity index (χ1) is 9.99. The van der Waals surface area contributed by atoms with Crippen LogP contribution in [0, 0.1) is 0 Å². The molecular weight excluding hydrogens is 279 g/mol. The van der Waals surface area contributed by atoms with Crippen molar-refractivity contribution in [1.82, 2.24) is 5.32 Å². The lowest BCUT2D eigenvalue weighted by Crippen LogP contribution is -2.13. The van der Waals surface area contributed by atoms with Gasteiger partial charge in [0.15, 0.2) is 0 Å². The van der Waals surface area contributed by atoms with Gasteiger partial charge in [-0.2, -0.15) is 13.2 Å².